The number of amides is 1. The topological polar surface area (TPSA) is 95.3 Å². The van der Waals surface area contributed by atoms with Gasteiger partial charge in [0.15, 0.2) is 0 Å². The van der Waals surface area contributed by atoms with E-state index in [2.05, 4.69) is 15.6 Å². The predicted octanol–water partition coefficient (Wildman–Crippen LogP) is 1.50. The highest BCUT2D eigenvalue weighted by atomic mass is 16.6. The molecule has 124 valence electrons. The van der Waals surface area contributed by atoms with Gasteiger partial charge in [0.05, 0.1) is 19.2 Å². The highest BCUT2D eigenvalue weighted by molar-refractivity contribution is 5.81. The average Bonchev–Trinajstić information content (AvgIpc) is 2.87. The van der Waals surface area contributed by atoms with E-state index in [0.29, 0.717) is 5.52 Å². The van der Waals surface area contributed by atoms with Gasteiger partial charge in [-0.1, -0.05) is 17.3 Å². The minimum atomic E-state index is -0.931. The Morgan fingerprint density at radius 3 is 2.65 bits per heavy atom. The Hall–Kier alpha value is -2.64. The molecule has 0 bridgehead atoms. The molecule has 2 rings (SSSR count). The molecular weight excluding hydrogens is 300 g/mol. The standard InChI is InChI=1S/C15H20N4O4/c1-15(2,3)23-14(21)16-11(13(20)22-4)9-19-12-8-6-5-7-10(12)17-18-19/h5-8,11H,9H2,1-4H3,(H,16,21)/t11-/m0/s1. The molecule has 0 spiro atoms. The Bertz CT molecular complexity index is 705. The lowest BCUT2D eigenvalue weighted by atomic mass is 10.2. The second-order valence-electron chi connectivity index (χ2n) is 5.98. The number of carbonyl (C=O) groups is 2. The van der Waals surface area contributed by atoms with Crippen molar-refractivity contribution in [3.8, 4) is 0 Å². The highest BCUT2D eigenvalue weighted by Gasteiger charge is 2.26. The van der Waals surface area contributed by atoms with Crippen molar-refractivity contribution >= 4 is 23.1 Å². The summed E-state index contributed by atoms with van der Waals surface area (Å²) in [5, 5.41) is 10.5. The van der Waals surface area contributed by atoms with Crippen molar-refractivity contribution in [1.82, 2.24) is 20.3 Å². The van der Waals surface area contributed by atoms with Gasteiger partial charge in [-0.05, 0) is 32.9 Å². The molecule has 2 aromatic rings. The van der Waals surface area contributed by atoms with Crippen LogP contribution in [0.2, 0.25) is 0 Å². The van der Waals surface area contributed by atoms with E-state index in [9.17, 15) is 9.59 Å². The molecule has 0 aliphatic rings. The molecule has 0 aliphatic heterocycles. The summed E-state index contributed by atoms with van der Waals surface area (Å²) >= 11 is 0. The fraction of sp³-hybridized carbons (Fsp3) is 0.467. The lowest BCUT2D eigenvalue weighted by Gasteiger charge is -2.22. The molecular formula is C15H20N4O4. The van der Waals surface area contributed by atoms with Crippen LogP contribution in [0, 0.1) is 0 Å². The number of hydrogen-bond donors (Lipinski definition) is 1. The van der Waals surface area contributed by atoms with Crippen LogP contribution in [0.15, 0.2) is 24.3 Å². The van der Waals surface area contributed by atoms with E-state index in [1.54, 1.807) is 20.8 Å². The number of aromatic nitrogens is 3. The van der Waals surface area contributed by atoms with Gasteiger partial charge in [0.2, 0.25) is 0 Å². The number of benzene rings is 1. The maximum atomic E-state index is 11.9. The monoisotopic (exact) mass is 320 g/mol. The van der Waals surface area contributed by atoms with Gasteiger partial charge in [0, 0.05) is 0 Å². The first-order valence-electron chi connectivity index (χ1n) is 7.16. The number of para-hydroxylation sites is 1. The van der Waals surface area contributed by atoms with Crippen molar-refractivity contribution in [2.75, 3.05) is 7.11 Å². The third-order valence-electron chi connectivity index (χ3n) is 2.95. The van der Waals surface area contributed by atoms with Crippen LogP contribution in [0.1, 0.15) is 20.8 Å². The smallest absolute Gasteiger partial charge is 0.408 e. The molecule has 0 fully saturated rings. The van der Waals surface area contributed by atoms with Gasteiger partial charge in [-0.2, -0.15) is 0 Å². The number of methoxy groups -OCH3 is 1. The summed E-state index contributed by atoms with van der Waals surface area (Å²) in [6, 6.07) is 6.40. The van der Waals surface area contributed by atoms with Gasteiger partial charge in [0.25, 0.3) is 0 Å². The van der Waals surface area contributed by atoms with Crippen LogP contribution in [-0.2, 0) is 20.8 Å². The second kappa shape index (κ2) is 6.64. The third kappa shape index (κ3) is 4.41. The van der Waals surface area contributed by atoms with Crippen molar-refractivity contribution in [1.29, 1.82) is 0 Å². The van der Waals surface area contributed by atoms with Gasteiger partial charge in [-0.15, -0.1) is 5.10 Å². The van der Waals surface area contributed by atoms with Crippen LogP contribution < -0.4 is 5.32 Å². The van der Waals surface area contributed by atoms with Crippen LogP contribution in [0.5, 0.6) is 0 Å². The second-order valence-corrected chi connectivity index (χ2v) is 5.98. The molecule has 8 heteroatoms. The van der Waals surface area contributed by atoms with Crippen LogP contribution in [0.4, 0.5) is 4.79 Å². The fourth-order valence-electron chi connectivity index (χ4n) is 2.00. The van der Waals surface area contributed by atoms with E-state index in [1.165, 1.54) is 11.8 Å². The molecule has 0 saturated carbocycles. The van der Waals surface area contributed by atoms with Gasteiger partial charge >= 0.3 is 12.1 Å². The Morgan fingerprint density at radius 1 is 1.30 bits per heavy atom. The number of carbonyl (C=O) groups excluding carboxylic acids is 2. The van der Waals surface area contributed by atoms with Crippen molar-refractivity contribution in [2.24, 2.45) is 0 Å². The highest BCUT2D eigenvalue weighted by Crippen LogP contribution is 2.11. The number of esters is 1. The van der Waals surface area contributed by atoms with E-state index < -0.39 is 23.7 Å². The largest absolute Gasteiger partial charge is 0.467 e. The van der Waals surface area contributed by atoms with Crippen molar-refractivity contribution in [2.45, 2.75) is 39.0 Å². The summed E-state index contributed by atoms with van der Waals surface area (Å²) in [5.74, 6) is -0.588. The van der Waals surface area contributed by atoms with E-state index in [1.807, 2.05) is 24.3 Å². The Kier molecular flexibility index (Phi) is 4.83. The van der Waals surface area contributed by atoms with Crippen molar-refractivity contribution in [3.63, 3.8) is 0 Å². The van der Waals surface area contributed by atoms with E-state index >= 15 is 0 Å². The third-order valence-corrected chi connectivity index (χ3v) is 2.95. The zero-order chi connectivity index (χ0) is 17.0. The molecule has 23 heavy (non-hydrogen) atoms. The summed E-state index contributed by atoms with van der Waals surface area (Å²) in [6.07, 6.45) is -0.697. The zero-order valence-electron chi connectivity index (χ0n) is 13.6. The SMILES string of the molecule is COC(=O)[C@H](Cn1nnc2ccccc21)NC(=O)OC(C)(C)C. The molecule has 0 radical (unpaired) electrons. The lowest BCUT2D eigenvalue weighted by Crippen LogP contribution is -2.46. The van der Waals surface area contributed by atoms with Crippen LogP contribution in [-0.4, -0.2) is 45.8 Å². The van der Waals surface area contributed by atoms with Gasteiger partial charge in [-0.25, -0.2) is 14.3 Å². The van der Waals surface area contributed by atoms with Crippen molar-refractivity contribution in [3.05, 3.63) is 24.3 Å². The quantitative estimate of drug-likeness (QED) is 0.858. The lowest BCUT2D eigenvalue weighted by molar-refractivity contribution is -0.143. The summed E-state index contributed by atoms with van der Waals surface area (Å²) in [6.45, 7) is 5.31. The average molecular weight is 320 g/mol. The van der Waals surface area contributed by atoms with E-state index in [4.69, 9.17) is 9.47 Å². The molecule has 1 aromatic heterocycles. The number of rotatable bonds is 4. The molecule has 1 heterocycles. The predicted molar refractivity (Wildman–Crippen MR) is 82.7 cm³/mol. The number of hydrogen-bond acceptors (Lipinski definition) is 6. The maximum absolute atomic E-state index is 11.9. The number of fused-ring (bicyclic) bond motifs is 1. The van der Waals surface area contributed by atoms with Crippen LogP contribution in [0.25, 0.3) is 11.0 Å². The van der Waals surface area contributed by atoms with Gasteiger partial charge in [0.1, 0.15) is 17.2 Å². The fourth-order valence-corrected chi connectivity index (χ4v) is 2.00. The van der Waals surface area contributed by atoms with Gasteiger partial charge in [-0.3, -0.25) is 0 Å². The Balaban J connectivity index is 2.16. The maximum Gasteiger partial charge on any atom is 0.408 e. The first kappa shape index (κ1) is 16.7. The van der Waals surface area contributed by atoms with E-state index in [0.717, 1.165) is 5.52 Å². The first-order chi connectivity index (χ1) is 10.8. The van der Waals surface area contributed by atoms with Crippen molar-refractivity contribution < 1.29 is 19.1 Å². The number of nitrogens with one attached hydrogen (secondary N) is 1. The Morgan fingerprint density at radius 2 is 2.00 bits per heavy atom. The minimum absolute atomic E-state index is 0.0897. The summed E-state index contributed by atoms with van der Waals surface area (Å²) in [5.41, 5.74) is 0.797. The molecule has 0 unspecified atom stereocenters. The molecule has 0 aliphatic carbocycles. The zero-order valence-corrected chi connectivity index (χ0v) is 13.6. The molecule has 1 atom stereocenters. The molecule has 1 N–H and O–H groups in total. The summed E-state index contributed by atoms with van der Waals surface area (Å²) in [4.78, 5) is 23.8. The first-order valence-corrected chi connectivity index (χ1v) is 7.16. The van der Waals surface area contributed by atoms with Gasteiger partial charge < -0.3 is 14.8 Å². The molecule has 1 amide bonds. The Labute approximate surface area is 133 Å². The number of alkyl carbamates (subject to hydrolysis) is 1. The van der Waals surface area contributed by atoms with Crippen LogP contribution in [0.3, 0.4) is 0 Å². The number of nitrogens with zero attached hydrogens (tertiary/aromatic N) is 3. The summed E-state index contributed by atoms with van der Waals surface area (Å²) < 4.78 is 11.4. The van der Waals surface area contributed by atoms with E-state index in [-0.39, 0.29) is 6.54 Å². The minimum Gasteiger partial charge on any atom is -0.467 e. The number of ether oxygens (including phenoxy) is 2. The molecule has 1 aromatic carbocycles. The molecule has 0 saturated heterocycles. The summed E-state index contributed by atoms with van der Waals surface area (Å²) in [7, 11) is 1.26. The van der Waals surface area contributed by atoms with Crippen LogP contribution >= 0.6 is 0 Å². The molecule has 8 nitrogen and oxygen atoms in total. The normalized spacial score (nSPS) is 12.7.